The molecule has 0 radical (unpaired) electrons. The molecule has 2 N–H and O–H groups in total. The Hall–Kier alpha value is -2.18. The number of rotatable bonds is 6. The highest BCUT2D eigenvalue weighted by Gasteiger charge is 2.42. The molecule has 0 aliphatic carbocycles. The second-order valence-electron chi connectivity index (χ2n) is 7.55. The molecule has 0 saturated carbocycles. The third-order valence-corrected chi connectivity index (χ3v) is 7.62. The molecule has 1 heterocycles. The van der Waals surface area contributed by atoms with Crippen LogP contribution in [0.1, 0.15) is 67.1 Å². The van der Waals surface area contributed by atoms with Crippen molar-refractivity contribution in [3.05, 3.63) is 59.2 Å². The first-order chi connectivity index (χ1) is 13.4. The van der Waals surface area contributed by atoms with Gasteiger partial charge in [-0.1, -0.05) is 57.0 Å². The Balaban J connectivity index is 2.27. The van der Waals surface area contributed by atoms with Gasteiger partial charge in [-0.05, 0) is 36.1 Å². The molecule has 0 spiro atoms. The summed E-state index contributed by atoms with van der Waals surface area (Å²) >= 11 is 0. The third kappa shape index (κ3) is 3.84. The molecule has 1 aliphatic rings. The van der Waals surface area contributed by atoms with Gasteiger partial charge in [0.05, 0.1) is 22.3 Å². The number of fused-ring (bicyclic) bond motifs is 1. The number of sulfone groups is 1. The fourth-order valence-corrected chi connectivity index (χ4v) is 6.15. The number of carbonyl (C=O) groups excluding carboxylic acids is 1. The van der Waals surface area contributed by atoms with E-state index in [4.69, 9.17) is 0 Å². The van der Waals surface area contributed by atoms with Crippen LogP contribution < -0.4 is 5.32 Å². The topological polar surface area (TPSA) is 83.5 Å². The van der Waals surface area contributed by atoms with E-state index in [1.165, 1.54) is 12.1 Å². The molecule has 0 saturated heterocycles. The Kier molecular flexibility index (Phi) is 5.91. The molecule has 0 fully saturated rings. The number of nitrogens with one attached hydrogen (secondary N) is 1. The van der Waals surface area contributed by atoms with Gasteiger partial charge in [0.1, 0.15) is 5.75 Å². The third-order valence-electron chi connectivity index (χ3n) is 5.67. The summed E-state index contributed by atoms with van der Waals surface area (Å²) in [5.74, 6) is -0.339. The van der Waals surface area contributed by atoms with E-state index < -0.39 is 15.4 Å². The van der Waals surface area contributed by atoms with Crippen molar-refractivity contribution in [3.8, 4) is 5.75 Å². The summed E-state index contributed by atoms with van der Waals surface area (Å²) in [7, 11) is -3.66. The lowest BCUT2D eigenvalue weighted by Gasteiger charge is -2.36. The van der Waals surface area contributed by atoms with Gasteiger partial charge >= 0.3 is 0 Å². The van der Waals surface area contributed by atoms with Crippen LogP contribution in [0.25, 0.3) is 0 Å². The Morgan fingerprint density at radius 1 is 1.21 bits per heavy atom. The number of aldehydes is 1. The highest BCUT2D eigenvalue weighted by Crippen LogP contribution is 2.40. The first kappa shape index (κ1) is 20.6. The number of aromatic hydroxyl groups is 1. The maximum atomic E-state index is 13.3. The van der Waals surface area contributed by atoms with Crippen LogP contribution in [0.15, 0.2) is 47.4 Å². The number of unbranched alkanes of at least 4 members (excludes halogenated alkanes) is 1. The fourth-order valence-electron chi connectivity index (χ4n) is 4.01. The fraction of sp³-hybridized carbons (Fsp3) is 0.409. The van der Waals surface area contributed by atoms with Crippen molar-refractivity contribution in [1.29, 1.82) is 0 Å². The van der Waals surface area contributed by atoms with Crippen LogP contribution in [0.3, 0.4) is 0 Å². The molecule has 2 aromatic carbocycles. The average molecular weight is 402 g/mol. The maximum absolute atomic E-state index is 13.3. The van der Waals surface area contributed by atoms with Crippen LogP contribution in [0, 0.1) is 0 Å². The number of benzene rings is 2. The molecule has 2 aromatic rings. The van der Waals surface area contributed by atoms with Crippen LogP contribution >= 0.6 is 0 Å². The molecule has 1 aliphatic heterocycles. The average Bonchev–Trinajstić information content (AvgIpc) is 2.79. The van der Waals surface area contributed by atoms with E-state index in [9.17, 15) is 18.3 Å². The standard InChI is InChI=1S/C22H27NO4S/c1-3-5-11-22(4-2)15-28(26,27)20-13-19(25)17(14-24)12-18(20)21(23-22)16-9-7-6-8-10-16/h6-10,12-14,21,23,25H,3-5,11,15H2,1-2H3/t21-,22-/m0/s1. The lowest BCUT2D eigenvalue weighted by atomic mass is 9.87. The van der Waals surface area contributed by atoms with Gasteiger partial charge in [0.25, 0.3) is 0 Å². The van der Waals surface area contributed by atoms with Crippen LogP contribution in [0.2, 0.25) is 0 Å². The molecular weight excluding hydrogens is 374 g/mol. The van der Waals surface area contributed by atoms with Gasteiger partial charge in [-0.15, -0.1) is 0 Å². The second kappa shape index (κ2) is 8.05. The number of phenols is 1. The van der Waals surface area contributed by atoms with E-state index in [0.29, 0.717) is 18.3 Å². The van der Waals surface area contributed by atoms with E-state index in [2.05, 4.69) is 12.2 Å². The molecule has 5 nitrogen and oxygen atoms in total. The summed E-state index contributed by atoms with van der Waals surface area (Å²) in [5.41, 5.74) is 0.954. The Morgan fingerprint density at radius 2 is 1.93 bits per heavy atom. The molecule has 0 aromatic heterocycles. The van der Waals surface area contributed by atoms with Gasteiger partial charge in [-0.2, -0.15) is 0 Å². The summed E-state index contributed by atoms with van der Waals surface area (Å²) in [4.78, 5) is 11.5. The summed E-state index contributed by atoms with van der Waals surface area (Å²) in [6, 6.07) is 12.0. The highest BCUT2D eigenvalue weighted by atomic mass is 32.2. The largest absolute Gasteiger partial charge is 0.507 e. The van der Waals surface area contributed by atoms with Crippen molar-refractivity contribution in [1.82, 2.24) is 5.32 Å². The molecular formula is C22H27NO4S. The number of hydrogen-bond donors (Lipinski definition) is 2. The van der Waals surface area contributed by atoms with Gasteiger partial charge in [-0.25, -0.2) is 8.42 Å². The van der Waals surface area contributed by atoms with Crippen LogP contribution in [-0.2, 0) is 9.84 Å². The first-order valence-corrected chi connectivity index (χ1v) is 11.4. The smallest absolute Gasteiger partial charge is 0.180 e. The minimum atomic E-state index is -3.66. The molecule has 3 rings (SSSR count). The SMILES string of the molecule is CCCC[C@@]1(CC)CS(=O)(=O)c2cc(O)c(C=O)cc2[C@H](c2ccccc2)N1. The van der Waals surface area contributed by atoms with Crippen molar-refractivity contribution in [3.63, 3.8) is 0 Å². The zero-order valence-electron chi connectivity index (χ0n) is 16.3. The van der Waals surface area contributed by atoms with Crippen LogP contribution in [0.4, 0.5) is 0 Å². The highest BCUT2D eigenvalue weighted by molar-refractivity contribution is 7.91. The van der Waals surface area contributed by atoms with Crippen LogP contribution in [0.5, 0.6) is 5.75 Å². The summed E-state index contributed by atoms with van der Waals surface area (Å²) < 4.78 is 26.6. The van der Waals surface area contributed by atoms with Gasteiger partial charge < -0.3 is 5.11 Å². The van der Waals surface area contributed by atoms with E-state index in [1.807, 2.05) is 37.3 Å². The zero-order chi connectivity index (χ0) is 20.4. The minimum absolute atomic E-state index is 0.0350. The van der Waals surface area contributed by atoms with Crippen molar-refractivity contribution < 1.29 is 18.3 Å². The molecule has 150 valence electrons. The van der Waals surface area contributed by atoms with Crippen molar-refractivity contribution >= 4 is 16.1 Å². The van der Waals surface area contributed by atoms with Crippen LogP contribution in [-0.4, -0.2) is 31.1 Å². The molecule has 28 heavy (non-hydrogen) atoms. The van der Waals surface area contributed by atoms with Gasteiger partial charge in [0.2, 0.25) is 0 Å². The van der Waals surface area contributed by atoms with Crippen molar-refractivity contribution in [2.24, 2.45) is 0 Å². The number of carbonyl (C=O) groups is 1. The summed E-state index contributed by atoms with van der Waals surface area (Å²) in [5, 5.41) is 13.8. The quantitative estimate of drug-likeness (QED) is 0.715. The Labute approximate surface area is 166 Å². The number of hydrogen-bond acceptors (Lipinski definition) is 5. The van der Waals surface area contributed by atoms with Crippen molar-refractivity contribution in [2.45, 2.75) is 56.0 Å². The normalized spacial score (nSPS) is 23.6. The maximum Gasteiger partial charge on any atom is 0.180 e. The Bertz CT molecular complexity index is 956. The van der Waals surface area contributed by atoms with Crippen molar-refractivity contribution in [2.75, 3.05) is 5.75 Å². The van der Waals surface area contributed by atoms with E-state index >= 15 is 0 Å². The number of phenolic OH excluding ortho intramolecular Hbond substituents is 1. The van der Waals surface area contributed by atoms with E-state index in [-0.39, 0.29) is 28.0 Å². The lowest BCUT2D eigenvalue weighted by Crippen LogP contribution is -2.50. The predicted molar refractivity (Wildman–Crippen MR) is 110 cm³/mol. The van der Waals surface area contributed by atoms with E-state index in [0.717, 1.165) is 24.8 Å². The van der Waals surface area contributed by atoms with E-state index in [1.54, 1.807) is 0 Å². The van der Waals surface area contributed by atoms with Gasteiger partial charge in [-0.3, -0.25) is 10.1 Å². The molecule has 2 atom stereocenters. The Morgan fingerprint density at radius 3 is 2.54 bits per heavy atom. The summed E-state index contributed by atoms with van der Waals surface area (Å²) in [6.45, 7) is 4.09. The lowest BCUT2D eigenvalue weighted by molar-refractivity contribution is 0.112. The monoisotopic (exact) mass is 401 g/mol. The molecule has 0 bridgehead atoms. The van der Waals surface area contributed by atoms with Gasteiger partial charge in [0, 0.05) is 5.54 Å². The van der Waals surface area contributed by atoms with Gasteiger partial charge in [0.15, 0.2) is 16.1 Å². The molecule has 6 heteroatoms. The molecule has 0 unspecified atom stereocenters. The summed E-state index contributed by atoms with van der Waals surface area (Å²) in [6.07, 6.45) is 3.85. The zero-order valence-corrected chi connectivity index (χ0v) is 17.1. The molecule has 0 amide bonds. The first-order valence-electron chi connectivity index (χ1n) is 9.73. The minimum Gasteiger partial charge on any atom is -0.507 e. The second-order valence-corrected chi connectivity index (χ2v) is 9.51. The predicted octanol–water partition coefficient (Wildman–Crippen LogP) is 4.01.